The molecule has 0 atom stereocenters. The largest absolute Gasteiger partial charge is 0.497 e. The van der Waals surface area contributed by atoms with Crippen molar-refractivity contribution >= 4 is 37.4 Å². The number of carbonyl (C=O) groups is 1. The van der Waals surface area contributed by atoms with Crippen molar-refractivity contribution in [1.29, 1.82) is 0 Å². The van der Waals surface area contributed by atoms with Crippen molar-refractivity contribution in [2.75, 3.05) is 12.4 Å². The number of aryl methyl sites for hydroxylation is 1. The maximum atomic E-state index is 13.1. The molecule has 9 heteroatoms. The fourth-order valence-corrected chi connectivity index (χ4v) is 4.97. The van der Waals surface area contributed by atoms with Crippen LogP contribution in [0.5, 0.6) is 5.75 Å². The van der Waals surface area contributed by atoms with Crippen LogP contribution in [0.2, 0.25) is 0 Å². The molecule has 0 aliphatic rings. The summed E-state index contributed by atoms with van der Waals surface area (Å²) in [5.41, 5.74) is 1.64. The second kappa shape index (κ2) is 8.85. The first-order valence-electron chi connectivity index (χ1n) is 8.84. The molecule has 0 saturated carbocycles. The van der Waals surface area contributed by atoms with E-state index in [0.717, 1.165) is 0 Å². The Labute approximate surface area is 182 Å². The minimum atomic E-state index is -3.87. The second-order valence-electron chi connectivity index (χ2n) is 6.45. The zero-order valence-corrected chi connectivity index (χ0v) is 18.6. The number of ether oxygens (including phenoxy) is 1. The molecule has 1 aromatic heterocycles. The van der Waals surface area contributed by atoms with E-state index in [-0.39, 0.29) is 22.0 Å². The van der Waals surface area contributed by atoms with E-state index in [4.69, 9.17) is 4.74 Å². The smallest absolute Gasteiger partial charge is 0.337 e. The Balaban J connectivity index is 1.96. The van der Waals surface area contributed by atoms with Crippen molar-refractivity contribution in [2.45, 2.75) is 23.4 Å². The van der Waals surface area contributed by atoms with Crippen LogP contribution in [0.25, 0.3) is 0 Å². The van der Waals surface area contributed by atoms with Crippen molar-refractivity contribution in [3.63, 3.8) is 0 Å². The zero-order valence-electron chi connectivity index (χ0n) is 16.2. The number of aromatic carboxylic acids is 1. The van der Waals surface area contributed by atoms with Crippen molar-refractivity contribution in [2.24, 2.45) is 0 Å². The first kappa shape index (κ1) is 21.8. The van der Waals surface area contributed by atoms with Crippen LogP contribution in [0.15, 0.2) is 69.1 Å². The van der Waals surface area contributed by atoms with Gasteiger partial charge in [0.1, 0.15) is 5.75 Å². The van der Waals surface area contributed by atoms with Gasteiger partial charge in [-0.05, 0) is 55.0 Å². The minimum absolute atomic E-state index is 0.0846. The number of benzene rings is 2. The number of hydrogen-bond acceptors (Lipinski definition) is 6. The van der Waals surface area contributed by atoms with E-state index in [1.807, 2.05) is 0 Å². The third-order valence-electron chi connectivity index (χ3n) is 4.46. The summed E-state index contributed by atoms with van der Waals surface area (Å²) in [6.07, 6.45) is 1.41. The number of rotatable bonds is 7. The highest BCUT2D eigenvalue weighted by atomic mass is 79.9. The molecule has 3 rings (SSSR count). The number of methoxy groups -OCH3 is 1. The van der Waals surface area contributed by atoms with Crippen molar-refractivity contribution < 1.29 is 23.1 Å². The average Bonchev–Trinajstić information content (AvgIpc) is 2.72. The van der Waals surface area contributed by atoms with E-state index >= 15 is 0 Å². The highest BCUT2D eigenvalue weighted by Crippen LogP contribution is 2.28. The number of pyridine rings is 1. The molecule has 30 heavy (non-hydrogen) atoms. The lowest BCUT2D eigenvalue weighted by atomic mass is 10.1. The van der Waals surface area contributed by atoms with Gasteiger partial charge in [-0.3, -0.25) is 0 Å². The van der Waals surface area contributed by atoms with Crippen LogP contribution in [0.4, 0.5) is 5.69 Å². The molecule has 3 aromatic rings. The molecule has 156 valence electrons. The number of halogens is 1. The maximum Gasteiger partial charge on any atom is 0.337 e. The molecule has 0 radical (unpaired) electrons. The van der Waals surface area contributed by atoms with E-state index in [1.54, 1.807) is 37.3 Å². The number of anilines is 1. The molecule has 0 fully saturated rings. The number of nitrogens with zero attached hydrogens (tertiary/aromatic N) is 1. The lowest BCUT2D eigenvalue weighted by Gasteiger charge is -2.15. The molecule has 0 unspecified atom stereocenters. The van der Waals surface area contributed by atoms with Gasteiger partial charge >= 0.3 is 5.97 Å². The minimum Gasteiger partial charge on any atom is -0.497 e. The van der Waals surface area contributed by atoms with E-state index in [1.165, 1.54) is 31.5 Å². The van der Waals surface area contributed by atoms with Gasteiger partial charge in [-0.1, -0.05) is 22.0 Å². The highest BCUT2D eigenvalue weighted by molar-refractivity contribution is 9.10. The molecule has 0 bridgehead atoms. The van der Waals surface area contributed by atoms with E-state index in [2.05, 4.69) is 26.2 Å². The van der Waals surface area contributed by atoms with Gasteiger partial charge in [0.15, 0.2) is 5.03 Å². The van der Waals surface area contributed by atoms with E-state index in [0.29, 0.717) is 27.0 Å². The van der Waals surface area contributed by atoms with Crippen LogP contribution in [0, 0.1) is 6.92 Å². The van der Waals surface area contributed by atoms with Gasteiger partial charge in [-0.15, -0.1) is 0 Å². The molecular formula is C21H19BrN2O5S. The number of carboxylic acid groups (broad SMARTS) is 1. The van der Waals surface area contributed by atoms with Crippen LogP contribution < -0.4 is 10.1 Å². The Morgan fingerprint density at radius 3 is 2.53 bits per heavy atom. The molecular weight excluding hydrogens is 472 g/mol. The van der Waals surface area contributed by atoms with Gasteiger partial charge in [0.25, 0.3) is 0 Å². The van der Waals surface area contributed by atoms with Crippen LogP contribution in [-0.4, -0.2) is 31.6 Å². The number of carboxylic acids is 1. The fourth-order valence-electron chi connectivity index (χ4n) is 3.00. The summed E-state index contributed by atoms with van der Waals surface area (Å²) in [4.78, 5) is 15.8. The molecule has 0 saturated heterocycles. The lowest BCUT2D eigenvalue weighted by molar-refractivity contribution is 0.0697. The molecule has 0 spiro atoms. The number of sulfone groups is 1. The van der Waals surface area contributed by atoms with E-state index in [9.17, 15) is 18.3 Å². The molecule has 0 aliphatic heterocycles. The van der Waals surface area contributed by atoms with Gasteiger partial charge in [0, 0.05) is 22.8 Å². The van der Waals surface area contributed by atoms with Crippen molar-refractivity contribution in [1.82, 2.24) is 4.98 Å². The summed E-state index contributed by atoms with van der Waals surface area (Å²) in [5.74, 6) is -0.539. The lowest BCUT2D eigenvalue weighted by Crippen LogP contribution is -2.13. The molecule has 2 aromatic carbocycles. The number of aromatic nitrogens is 1. The van der Waals surface area contributed by atoms with Crippen LogP contribution in [-0.2, 0) is 16.4 Å². The molecule has 1 heterocycles. The molecule has 0 aliphatic carbocycles. The van der Waals surface area contributed by atoms with Crippen molar-refractivity contribution in [3.8, 4) is 5.75 Å². The predicted molar refractivity (Wildman–Crippen MR) is 116 cm³/mol. The average molecular weight is 491 g/mol. The maximum absolute atomic E-state index is 13.1. The van der Waals surface area contributed by atoms with Gasteiger partial charge in [-0.25, -0.2) is 18.2 Å². The Bertz CT molecular complexity index is 1190. The SMILES string of the molecule is COc1ccc(S(=O)(=O)c2ncccc2CNc2c(C)cc(Br)cc2C(=O)O)cc1. The summed E-state index contributed by atoms with van der Waals surface area (Å²) in [6.45, 7) is 1.86. The zero-order chi connectivity index (χ0) is 21.9. The van der Waals surface area contributed by atoms with Gasteiger partial charge < -0.3 is 15.2 Å². The van der Waals surface area contributed by atoms with Gasteiger partial charge in [-0.2, -0.15) is 0 Å². The van der Waals surface area contributed by atoms with E-state index < -0.39 is 15.8 Å². The van der Waals surface area contributed by atoms with Crippen LogP contribution >= 0.6 is 15.9 Å². The van der Waals surface area contributed by atoms with Crippen molar-refractivity contribution in [3.05, 3.63) is 75.9 Å². The second-order valence-corrected chi connectivity index (χ2v) is 9.23. The summed E-state index contributed by atoms with van der Waals surface area (Å²) in [7, 11) is -2.37. The topological polar surface area (TPSA) is 106 Å². The Hall–Kier alpha value is -2.91. The van der Waals surface area contributed by atoms with Gasteiger partial charge in [0.05, 0.1) is 23.3 Å². The summed E-state index contributed by atoms with van der Waals surface area (Å²) in [5, 5.41) is 12.5. The molecule has 2 N–H and O–H groups in total. The third-order valence-corrected chi connectivity index (χ3v) is 6.69. The fraction of sp³-hybridized carbons (Fsp3) is 0.143. The number of nitrogens with one attached hydrogen (secondary N) is 1. The Morgan fingerprint density at radius 2 is 1.90 bits per heavy atom. The first-order valence-corrected chi connectivity index (χ1v) is 11.1. The summed E-state index contributed by atoms with van der Waals surface area (Å²) in [6, 6.07) is 12.6. The van der Waals surface area contributed by atoms with Gasteiger partial charge in [0.2, 0.25) is 9.84 Å². The normalized spacial score (nSPS) is 11.2. The van der Waals surface area contributed by atoms with Crippen LogP contribution in [0.3, 0.4) is 0 Å². The monoisotopic (exact) mass is 490 g/mol. The molecule has 0 amide bonds. The standard InChI is InChI=1S/C21H19BrN2O5S/c1-13-10-15(22)11-18(21(25)26)19(13)24-12-14-4-3-9-23-20(14)30(27,28)17-7-5-16(29-2)6-8-17/h3-11,24H,12H2,1-2H3,(H,25,26). The highest BCUT2D eigenvalue weighted by Gasteiger charge is 2.23. The predicted octanol–water partition coefficient (Wildman–Crippen LogP) is 4.30. The summed E-state index contributed by atoms with van der Waals surface area (Å²) < 4.78 is 32.0. The summed E-state index contributed by atoms with van der Waals surface area (Å²) >= 11 is 3.30. The number of hydrogen-bond donors (Lipinski definition) is 2. The Kier molecular flexibility index (Phi) is 6.42. The quantitative estimate of drug-likeness (QED) is 0.508. The van der Waals surface area contributed by atoms with Crippen LogP contribution in [0.1, 0.15) is 21.5 Å². The first-order chi connectivity index (χ1) is 14.2. The third kappa shape index (κ3) is 4.47. The molecule has 7 nitrogen and oxygen atoms in total. The Morgan fingerprint density at radius 1 is 1.20 bits per heavy atom.